The monoisotopic (exact) mass is 791 g/mol. The Morgan fingerprint density at radius 1 is 0.982 bits per heavy atom. The van der Waals surface area contributed by atoms with Gasteiger partial charge in [-0.05, 0) is 76.1 Å². The molecule has 6 atom stereocenters. The summed E-state index contributed by atoms with van der Waals surface area (Å²) in [6.45, 7) is 2.20. The molecule has 0 unspecified atom stereocenters. The van der Waals surface area contributed by atoms with Gasteiger partial charge in [0.05, 0.1) is 30.3 Å². The molecule has 1 saturated carbocycles. The lowest BCUT2D eigenvalue weighted by Gasteiger charge is -2.21. The molecule has 1 aliphatic carbocycles. The molecule has 0 spiro atoms. The van der Waals surface area contributed by atoms with E-state index in [1.165, 1.54) is 12.1 Å². The van der Waals surface area contributed by atoms with Crippen LogP contribution in [0.3, 0.4) is 0 Å². The molecule has 20 heteroatoms. The van der Waals surface area contributed by atoms with E-state index in [0.717, 1.165) is 18.2 Å². The first kappa shape index (κ1) is 46.2. The van der Waals surface area contributed by atoms with Gasteiger partial charge in [-0.1, -0.05) is 24.3 Å². The Morgan fingerprint density at radius 2 is 1.71 bits per heavy atom. The van der Waals surface area contributed by atoms with Crippen LogP contribution >= 0.6 is 0 Å². The highest BCUT2D eigenvalue weighted by molar-refractivity contribution is 5.77. The van der Waals surface area contributed by atoms with Crippen molar-refractivity contribution in [2.24, 2.45) is 11.8 Å². The molecule has 1 amide bonds. The Bertz CT molecular complexity index is 1460. The molecule has 0 heterocycles. The van der Waals surface area contributed by atoms with E-state index in [1.807, 2.05) is 12.2 Å². The summed E-state index contributed by atoms with van der Waals surface area (Å²) < 4.78 is 55.9. The quantitative estimate of drug-likeness (QED) is 0.0408. The van der Waals surface area contributed by atoms with E-state index < -0.39 is 83.3 Å². The lowest BCUT2D eigenvalue weighted by Crippen LogP contribution is -2.29. The van der Waals surface area contributed by atoms with Gasteiger partial charge in [0, 0.05) is 31.7 Å². The van der Waals surface area contributed by atoms with Crippen molar-refractivity contribution in [2.45, 2.75) is 108 Å². The van der Waals surface area contributed by atoms with Gasteiger partial charge >= 0.3 is 18.1 Å². The van der Waals surface area contributed by atoms with Crippen LogP contribution in [0.25, 0.3) is 0 Å². The molecule has 0 radical (unpaired) electrons. The van der Waals surface area contributed by atoms with Gasteiger partial charge in [-0.15, -0.1) is 20.2 Å². The standard InChI is InChI=1S/C35H48F3N3O14/c1-23(2)53-33(45)14-6-4-3-5-12-28-29(31(43)20-30(28)42)16-15-26(21-51-25-10-7-9-24(19-25)35(36,37)38)54-34(46)17-18-39-32(44)13-8-11-27(55-41(49)50)22-52-40(47)48/h3,5,7,9-10,15-16,19,23,26-31,42-43H,4,6,8,11-14,17-18,20-22H2,1-2H3,(H,39,44)/b5-3-,16-15+/t26-,27-,28-,29-,30+,31-/m1/s1. The highest BCUT2D eigenvalue weighted by atomic mass is 19.4. The van der Waals surface area contributed by atoms with Crippen molar-refractivity contribution in [3.05, 3.63) is 74.4 Å². The number of unbranched alkanes of at least 4 members (excludes halogenated alkanes) is 1. The second kappa shape index (κ2) is 23.7. The minimum atomic E-state index is -4.63. The van der Waals surface area contributed by atoms with Crippen molar-refractivity contribution in [1.29, 1.82) is 0 Å². The van der Waals surface area contributed by atoms with Crippen molar-refractivity contribution in [2.75, 3.05) is 19.8 Å². The van der Waals surface area contributed by atoms with Gasteiger partial charge < -0.3 is 39.4 Å². The average molecular weight is 792 g/mol. The number of carbonyl (C=O) groups excluding carboxylic acids is 3. The summed E-state index contributed by atoms with van der Waals surface area (Å²) in [6.07, 6.45) is -1.14. The SMILES string of the molecule is CC(C)OC(=O)CCC/C=C\C[C@@H]1[C@@H](/C=C/[C@H](COc2cccc(C(F)(F)F)c2)OC(=O)CCNC(=O)CCC[C@H](CO[N+](=O)[O-])O[N+](=O)[O-])[C@H](O)C[C@@H]1O. The largest absolute Gasteiger partial charge is 0.489 e. The van der Waals surface area contributed by atoms with E-state index in [2.05, 4.69) is 15.0 Å². The number of aliphatic hydroxyl groups excluding tert-OH is 2. The Morgan fingerprint density at radius 3 is 2.38 bits per heavy atom. The molecule has 17 nitrogen and oxygen atoms in total. The van der Waals surface area contributed by atoms with Crippen molar-refractivity contribution >= 4 is 17.8 Å². The fourth-order valence-corrected chi connectivity index (χ4v) is 5.63. The fourth-order valence-electron chi connectivity index (χ4n) is 5.63. The summed E-state index contributed by atoms with van der Waals surface area (Å²) >= 11 is 0. The maximum absolute atomic E-state index is 13.3. The van der Waals surface area contributed by atoms with Gasteiger partial charge in [-0.25, -0.2) is 0 Å². The maximum Gasteiger partial charge on any atom is 0.416 e. The zero-order chi connectivity index (χ0) is 41.0. The Hall–Kier alpha value is -4.98. The number of nitrogens with one attached hydrogen (secondary N) is 1. The van der Waals surface area contributed by atoms with E-state index >= 15 is 0 Å². The predicted molar refractivity (Wildman–Crippen MR) is 185 cm³/mol. The number of halogens is 3. The van der Waals surface area contributed by atoms with Crippen molar-refractivity contribution < 1.29 is 71.8 Å². The van der Waals surface area contributed by atoms with Gasteiger partial charge in [-0.3, -0.25) is 14.4 Å². The molecule has 1 aromatic rings. The predicted octanol–water partition coefficient (Wildman–Crippen LogP) is 4.44. The fraction of sp³-hybridized carbons (Fsp3) is 0.629. The number of alkyl halides is 3. The van der Waals surface area contributed by atoms with Gasteiger partial charge in [0.2, 0.25) is 5.91 Å². The second-order valence-electron chi connectivity index (χ2n) is 13.0. The number of benzene rings is 1. The Kier molecular flexibility index (Phi) is 19.9. The average Bonchev–Trinajstić information content (AvgIpc) is 3.36. The lowest BCUT2D eigenvalue weighted by atomic mass is 9.89. The number of esters is 2. The minimum absolute atomic E-state index is 0.0307. The van der Waals surface area contributed by atoms with E-state index in [9.17, 15) is 58.0 Å². The third-order valence-electron chi connectivity index (χ3n) is 8.20. The molecule has 308 valence electrons. The number of ether oxygens (including phenoxy) is 3. The van der Waals surface area contributed by atoms with Crippen LogP contribution in [-0.2, 0) is 39.7 Å². The zero-order valence-corrected chi connectivity index (χ0v) is 30.5. The first-order chi connectivity index (χ1) is 25.9. The molecular formula is C35H48F3N3O14. The number of amides is 1. The van der Waals surface area contributed by atoms with E-state index in [0.29, 0.717) is 19.3 Å². The van der Waals surface area contributed by atoms with Gasteiger partial charge in [0.15, 0.2) is 6.10 Å². The van der Waals surface area contributed by atoms with Crippen LogP contribution in [-0.4, -0.2) is 88.5 Å². The highest BCUT2D eigenvalue weighted by Gasteiger charge is 2.39. The normalized spacial score (nSPS) is 19.6. The maximum atomic E-state index is 13.3. The van der Waals surface area contributed by atoms with Gasteiger partial charge in [0.25, 0.3) is 10.2 Å². The molecule has 0 aromatic heterocycles. The number of carbonyl (C=O) groups is 3. The van der Waals surface area contributed by atoms with Gasteiger partial charge in [-0.2, -0.15) is 13.2 Å². The minimum Gasteiger partial charge on any atom is -0.489 e. The first-order valence-corrected chi connectivity index (χ1v) is 17.7. The van der Waals surface area contributed by atoms with Crippen LogP contribution < -0.4 is 10.1 Å². The topological polar surface area (TPSA) is 236 Å². The highest BCUT2D eigenvalue weighted by Crippen LogP contribution is 2.36. The summed E-state index contributed by atoms with van der Waals surface area (Å²) in [4.78, 5) is 66.1. The van der Waals surface area contributed by atoms with E-state index in [4.69, 9.17) is 14.2 Å². The van der Waals surface area contributed by atoms with Crippen molar-refractivity contribution in [3.8, 4) is 5.75 Å². The number of nitrogens with zero attached hydrogens (tertiary/aromatic N) is 2. The summed E-state index contributed by atoms with van der Waals surface area (Å²) in [7, 11) is 0. The summed E-state index contributed by atoms with van der Waals surface area (Å²) in [5.74, 6) is -2.82. The number of hydrogen-bond acceptors (Lipinski definition) is 14. The van der Waals surface area contributed by atoms with E-state index in [1.54, 1.807) is 19.9 Å². The van der Waals surface area contributed by atoms with Crippen LogP contribution in [0, 0.1) is 32.1 Å². The van der Waals surface area contributed by atoms with Crippen LogP contribution in [0.4, 0.5) is 13.2 Å². The molecule has 1 aromatic carbocycles. The Balaban J connectivity index is 2.01. The number of hydrogen-bond donors (Lipinski definition) is 3. The van der Waals surface area contributed by atoms with Crippen molar-refractivity contribution in [3.63, 3.8) is 0 Å². The zero-order valence-electron chi connectivity index (χ0n) is 30.5. The van der Waals surface area contributed by atoms with Crippen LogP contribution in [0.1, 0.15) is 77.2 Å². The summed E-state index contributed by atoms with van der Waals surface area (Å²) in [5.41, 5.74) is -0.954. The third-order valence-corrected chi connectivity index (χ3v) is 8.20. The second-order valence-corrected chi connectivity index (χ2v) is 13.0. The molecule has 0 bridgehead atoms. The number of allylic oxidation sites excluding steroid dienone is 2. The molecule has 0 saturated heterocycles. The summed E-state index contributed by atoms with van der Waals surface area (Å²) in [5, 5.41) is 42.5. The lowest BCUT2D eigenvalue weighted by molar-refractivity contribution is -0.790. The molecule has 1 aliphatic rings. The van der Waals surface area contributed by atoms with Crippen LogP contribution in [0.2, 0.25) is 0 Å². The summed E-state index contributed by atoms with van der Waals surface area (Å²) in [6, 6.07) is 4.09. The van der Waals surface area contributed by atoms with Crippen LogP contribution in [0.15, 0.2) is 48.6 Å². The van der Waals surface area contributed by atoms with Crippen LogP contribution in [0.5, 0.6) is 5.75 Å². The number of aliphatic hydroxyl groups is 2. The first-order valence-electron chi connectivity index (χ1n) is 17.7. The molecule has 3 N–H and O–H groups in total. The molecule has 1 fully saturated rings. The molecule has 2 rings (SSSR count). The van der Waals surface area contributed by atoms with Gasteiger partial charge in [0.1, 0.15) is 25.1 Å². The van der Waals surface area contributed by atoms with Crippen molar-refractivity contribution in [1.82, 2.24) is 5.32 Å². The third kappa shape index (κ3) is 19.3. The Labute approximate surface area is 315 Å². The number of rotatable bonds is 25. The molecule has 55 heavy (non-hydrogen) atoms. The smallest absolute Gasteiger partial charge is 0.416 e. The molecule has 0 aliphatic heterocycles. The molecular weight excluding hydrogens is 743 g/mol. The van der Waals surface area contributed by atoms with E-state index in [-0.39, 0.29) is 62.9 Å².